The van der Waals surface area contributed by atoms with E-state index in [-0.39, 0.29) is 11.5 Å². The van der Waals surface area contributed by atoms with Gasteiger partial charge >= 0.3 is 0 Å². The Morgan fingerprint density at radius 2 is 1.85 bits per heavy atom. The van der Waals surface area contributed by atoms with Crippen LogP contribution in [0.1, 0.15) is 55.4 Å². The van der Waals surface area contributed by atoms with Crippen LogP contribution in [0.15, 0.2) is 60.7 Å². The first-order valence-corrected chi connectivity index (χ1v) is 11.9. The van der Waals surface area contributed by atoms with E-state index in [0.717, 1.165) is 53.4 Å². The normalized spacial score (nSPS) is 18.3. The molecule has 0 radical (unpaired) electrons. The fraction of sp³-hybridized carbons (Fsp3) is 0.379. The maximum atomic E-state index is 6.39. The average molecular weight is 445 g/mol. The van der Waals surface area contributed by atoms with Crippen LogP contribution in [0.2, 0.25) is 0 Å². The summed E-state index contributed by atoms with van der Waals surface area (Å²) >= 11 is 0. The molecular weight excluding hydrogens is 412 g/mol. The van der Waals surface area contributed by atoms with Gasteiger partial charge < -0.3 is 18.9 Å². The Bertz CT molecular complexity index is 1120. The van der Waals surface area contributed by atoms with Crippen molar-refractivity contribution in [1.82, 2.24) is 0 Å². The Kier molecular flexibility index (Phi) is 5.92. The predicted octanol–water partition coefficient (Wildman–Crippen LogP) is 6.49. The van der Waals surface area contributed by atoms with Crippen LogP contribution in [0.3, 0.4) is 0 Å². The molecule has 0 fully saturated rings. The minimum atomic E-state index is -0.119. The van der Waals surface area contributed by atoms with E-state index >= 15 is 0 Å². The van der Waals surface area contributed by atoms with Crippen molar-refractivity contribution in [2.75, 3.05) is 13.2 Å². The van der Waals surface area contributed by atoms with E-state index in [1.807, 2.05) is 37.3 Å². The van der Waals surface area contributed by atoms with Gasteiger partial charge in [0, 0.05) is 23.1 Å². The Hall–Kier alpha value is -3.14. The molecule has 1 atom stereocenters. The Morgan fingerprint density at radius 1 is 1.00 bits per heavy atom. The highest BCUT2D eigenvalue weighted by molar-refractivity contribution is 5.54. The van der Waals surface area contributed by atoms with Gasteiger partial charge in [-0.25, -0.2) is 0 Å². The molecule has 0 saturated heterocycles. The lowest BCUT2D eigenvalue weighted by atomic mass is 9.86. The van der Waals surface area contributed by atoms with Crippen LogP contribution in [0.25, 0.3) is 0 Å². The topological polar surface area (TPSA) is 36.9 Å². The van der Waals surface area contributed by atoms with Crippen molar-refractivity contribution < 1.29 is 18.9 Å². The third-order valence-electron chi connectivity index (χ3n) is 6.53. The van der Waals surface area contributed by atoms with Crippen LogP contribution in [0.4, 0.5) is 0 Å². The summed E-state index contributed by atoms with van der Waals surface area (Å²) in [5, 5.41) is 0. The molecule has 0 bridgehead atoms. The zero-order valence-corrected chi connectivity index (χ0v) is 19.7. The van der Waals surface area contributed by atoms with Crippen LogP contribution in [0.5, 0.6) is 23.0 Å². The van der Waals surface area contributed by atoms with E-state index in [2.05, 4.69) is 44.2 Å². The molecule has 0 N–H and O–H groups in total. The van der Waals surface area contributed by atoms with E-state index < -0.39 is 0 Å². The predicted molar refractivity (Wildman–Crippen MR) is 130 cm³/mol. The van der Waals surface area contributed by atoms with Gasteiger partial charge in [-0.3, -0.25) is 0 Å². The molecule has 3 aromatic rings. The second-order valence-electron chi connectivity index (χ2n) is 9.51. The summed E-state index contributed by atoms with van der Waals surface area (Å²) < 4.78 is 24.7. The van der Waals surface area contributed by atoms with Crippen LogP contribution >= 0.6 is 0 Å². The maximum Gasteiger partial charge on any atom is 0.129 e. The summed E-state index contributed by atoms with van der Waals surface area (Å²) in [6.45, 7) is 8.07. The SMILES string of the molecule is CCOc1ccc([C@@H]2COc3c(ccc4c3CCC(C)(C)O4)C2)c(OCc2ccccc2)c1. The van der Waals surface area contributed by atoms with Crippen LogP contribution < -0.4 is 18.9 Å². The highest BCUT2D eigenvalue weighted by Crippen LogP contribution is 2.45. The largest absolute Gasteiger partial charge is 0.494 e. The molecule has 0 aromatic heterocycles. The van der Waals surface area contributed by atoms with Crippen LogP contribution in [-0.2, 0) is 19.4 Å². The highest BCUT2D eigenvalue weighted by atomic mass is 16.5. The first kappa shape index (κ1) is 21.7. The minimum Gasteiger partial charge on any atom is -0.494 e. The molecule has 0 unspecified atom stereocenters. The summed E-state index contributed by atoms with van der Waals surface area (Å²) in [7, 11) is 0. The van der Waals surface area contributed by atoms with Crippen molar-refractivity contribution >= 4 is 0 Å². The Morgan fingerprint density at radius 3 is 2.67 bits per heavy atom. The Labute approximate surface area is 196 Å². The van der Waals surface area contributed by atoms with Crippen LogP contribution in [0, 0.1) is 0 Å². The molecule has 3 aromatic carbocycles. The Balaban J connectivity index is 1.40. The van der Waals surface area contributed by atoms with E-state index in [0.29, 0.717) is 19.8 Å². The maximum absolute atomic E-state index is 6.39. The lowest BCUT2D eigenvalue weighted by Crippen LogP contribution is -2.33. The number of hydrogen-bond acceptors (Lipinski definition) is 4. The molecule has 2 aliphatic heterocycles. The summed E-state index contributed by atoms with van der Waals surface area (Å²) in [6.07, 6.45) is 2.91. The molecule has 4 heteroatoms. The van der Waals surface area contributed by atoms with Gasteiger partial charge in [0.05, 0.1) is 13.2 Å². The third-order valence-corrected chi connectivity index (χ3v) is 6.53. The van der Waals surface area contributed by atoms with E-state index in [9.17, 15) is 0 Å². The summed E-state index contributed by atoms with van der Waals surface area (Å²) in [5.74, 6) is 3.91. The van der Waals surface area contributed by atoms with Gasteiger partial charge in [-0.05, 0) is 63.3 Å². The van der Waals surface area contributed by atoms with Gasteiger partial charge in [-0.2, -0.15) is 0 Å². The second kappa shape index (κ2) is 9.01. The zero-order valence-electron chi connectivity index (χ0n) is 19.7. The number of benzene rings is 3. The monoisotopic (exact) mass is 444 g/mol. The highest BCUT2D eigenvalue weighted by Gasteiger charge is 2.32. The fourth-order valence-electron chi connectivity index (χ4n) is 4.78. The number of hydrogen-bond donors (Lipinski definition) is 0. The number of fused-ring (bicyclic) bond motifs is 3. The summed E-state index contributed by atoms with van der Waals surface area (Å²) in [6, 6.07) is 20.7. The standard InChI is InChI=1S/C29H32O4/c1-4-30-23-11-12-24(27(17-23)31-18-20-8-6-5-7-9-20)22-16-21-10-13-26-25(28(21)32-19-22)14-15-29(2,3)33-26/h5-13,17,22H,4,14-16,18-19H2,1-3H3/t22-/m0/s1. The molecule has 2 aliphatic rings. The zero-order chi connectivity index (χ0) is 22.8. The van der Waals surface area contributed by atoms with Crippen molar-refractivity contribution in [3.05, 3.63) is 82.9 Å². The van der Waals surface area contributed by atoms with Gasteiger partial charge in [-0.1, -0.05) is 42.5 Å². The quantitative estimate of drug-likeness (QED) is 0.436. The molecule has 33 heavy (non-hydrogen) atoms. The summed E-state index contributed by atoms with van der Waals surface area (Å²) in [5.41, 5.74) is 4.65. The third kappa shape index (κ3) is 4.66. The van der Waals surface area contributed by atoms with Gasteiger partial charge in [-0.15, -0.1) is 0 Å². The second-order valence-corrected chi connectivity index (χ2v) is 9.51. The van der Waals surface area contributed by atoms with Crippen molar-refractivity contribution in [2.24, 2.45) is 0 Å². The van der Waals surface area contributed by atoms with Crippen molar-refractivity contribution in [3.8, 4) is 23.0 Å². The smallest absolute Gasteiger partial charge is 0.129 e. The van der Waals surface area contributed by atoms with E-state index in [1.165, 1.54) is 11.1 Å². The molecule has 172 valence electrons. The van der Waals surface area contributed by atoms with Crippen LogP contribution in [-0.4, -0.2) is 18.8 Å². The van der Waals surface area contributed by atoms with Crippen molar-refractivity contribution in [1.29, 1.82) is 0 Å². The number of ether oxygens (including phenoxy) is 4. The minimum absolute atomic E-state index is 0.119. The lowest BCUT2D eigenvalue weighted by molar-refractivity contribution is 0.0826. The van der Waals surface area contributed by atoms with Gasteiger partial charge in [0.15, 0.2) is 0 Å². The fourth-order valence-corrected chi connectivity index (χ4v) is 4.78. The van der Waals surface area contributed by atoms with Crippen molar-refractivity contribution in [2.45, 2.75) is 58.2 Å². The number of rotatable bonds is 6. The average Bonchev–Trinajstić information content (AvgIpc) is 2.82. The lowest BCUT2D eigenvalue weighted by Gasteiger charge is -2.36. The van der Waals surface area contributed by atoms with Gasteiger partial charge in [0.2, 0.25) is 0 Å². The molecule has 0 spiro atoms. The van der Waals surface area contributed by atoms with Gasteiger partial charge in [0.25, 0.3) is 0 Å². The molecule has 4 nitrogen and oxygen atoms in total. The van der Waals surface area contributed by atoms with Crippen molar-refractivity contribution in [3.63, 3.8) is 0 Å². The molecule has 0 aliphatic carbocycles. The molecular formula is C29H32O4. The first-order valence-electron chi connectivity index (χ1n) is 11.9. The van der Waals surface area contributed by atoms with Gasteiger partial charge in [0.1, 0.15) is 35.2 Å². The molecule has 5 rings (SSSR count). The van der Waals surface area contributed by atoms with E-state index in [1.54, 1.807) is 0 Å². The first-order chi connectivity index (χ1) is 16.0. The molecule has 0 amide bonds. The van der Waals surface area contributed by atoms with E-state index in [4.69, 9.17) is 18.9 Å². The molecule has 0 saturated carbocycles. The summed E-state index contributed by atoms with van der Waals surface area (Å²) in [4.78, 5) is 0. The molecule has 2 heterocycles.